The van der Waals surface area contributed by atoms with Gasteiger partial charge in [0.15, 0.2) is 29.1 Å². The molecule has 0 heterocycles. The summed E-state index contributed by atoms with van der Waals surface area (Å²) in [5.74, 6) is -47.9. The Morgan fingerprint density at radius 1 is 0.697 bits per heavy atom. The van der Waals surface area contributed by atoms with Gasteiger partial charge < -0.3 is 5.11 Å². The van der Waals surface area contributed by atoms with E-state index in [1.54, 1.807) is 0 Å². The molecule has 1 aromatic carbocycles. The lowest BCUT2D eigenvalue weighted by Crippen LogP contribution is -2.65. The Morgan fingerprint density at radius 2 is 1.09 bits per heavy atom. The number of benzene rings is 1. The van der Waals surface area contributed by atoms with Crippen LogP contribution < -0.4 is 5.11 Å². The largest absolute Gasteiger partial charge is 0.872 e. The second-order valence-corrected chi connectivity index (χ2v) is 6.97. The van der Waals surface area contributed by atoms with Crippen molar-refractivity contribution in [2.24, 2.45) is 5.41 Å². The van der Waals surface area contributed by atoms with Gasteiger partial charge in [-0.15, -0.1) is 0 Å². The van der Waals surface area contributed by atoms with Crippen molar-refractivity contribution in [2.75, 3.05) is 0 Å². The molecule has 0 radical (unpaired) electrons. The third kappa shape index (κ3) is 2.32. The number of allylic oxidation sites excluding steroid dienone is 1. The van der Waals surface area contributed by atoms with Gasteiger partial charge in [-0.1, -0.05) is 5.76 Å². The Hall–Kier alpha value is -2.62. The van der Waals surface area contributed by atoms with Crippen LogP contribution in [0.15, 0.2) is 5.57 Å². The standard InChI is InChI=1S/C16H3F15O2/c17-5-2-1-3(9(32)4(2)6(18)8(20)7(5)19)10(33)11(16(29,30)31)12(21,22)14(25,26)15(27,28)13(11,23)24/h32H,1H2/p-1. The molecule has 3 rings (SSSR count). The number of fused-ring (bicyclic) bond motifs is 1. The SMILES string of the molecule is O=C(C1=C([O-])c2c(F)c(F)c(F)c(F)c2C1)C1(C(F)(F)F)C(F)(F)C(F)(F)C(F)(F)C1(F)F. The normalized spacial score (nSPS) is 24.2. The summed E-state index contributed by atoms with van der Waals surface area (Å²) in [6.07, 6.45) is -9.84. The molecule has 2 aliphatic carbocycles. The minimum atomic E-state index is -7.63. The third-order valence-electron chi connectivity index (χ3n) is 5.38. The molecular formula is C16H2F15O2-. The number of carbonyl (C=O) groups is 1. The minimum Gasteiger partial charge on any atom is -0.872 e. The molecule has 17 heteroatoms. The maximum atomic E-state index is 14.1. The zero-order chi connectivity index (χ0) is 25.9. The van der Waals surface area contributed by atoms with Gasteiger partial charge in [-0.3, -0.25) is 4.79 Å². The molecule has 184 valence electrons. The molecule has 0 N–H and O–H groups in total. The van der Waals surface area contributed by atoms with Gasteiger partial charge in [0.25, 0.3) is 5.41 Å². The summed E-state index contributed by atoms with van der Waals surface area (Å²) in [5, 5.41) is 12.1. The second-order valence-electron chi connectivity index (χ2n) is 6.97. The monoisotopic (exact) mass is 511 g/mol. The molecule has 2 aliphatic rings. The van der Waals surface area contributed by atoms with E-state index in [1.165, 1.54) is 0 Å². The van der Waals surface area contributed by atoms with E-state index in [2.05, 4.69) is 0 Å². The van der Waals surface area contributed by atoms with Gasteiger partial charge in [-0.25, -0.2) is 17.6 Å². The fourth-order valence-corrected chi connectivity index (χ4v) is 3.73. The molecule has 2 nitrogen and oxygen atoms in total. The molecule has 0 atom stereocenters. The first-order valence-corrected chi connectivity index (χ1v) is 7.95. The van der Waals surface area contributed by atoms with Gasteiger partial charge in [0.1, 0.15) is 0 Å². The van der Waals surface area contributed by atoms with Crippen LogP contribution in [0, 0.1) is 28.7 Å². The van der Waals surface area contributed by atoms with Crippen molar-refractivity contribution in [1.29, 1.82) is 0 Å². The van der Waals surface area contributed by atoms with E-state index < -0.39 is 93.2 Å². The fraction of sp³-hybridized carbons (Fsp3) is 0.438. The highest BCUT2D eigenvalue weighted by molar-refractivity contribution is 6.09. The molecule has 0 aliphatic heterocycles. The number of rotatable bonds is 2. The number of hydrogen-bond donors (Lipinski definition) is 0. The highest BCUT2D eigenvalue weighted by atomic mass is 19.4. The maximum Gasteiger partial charge on any atom is 0.414 e. The van der Waals surface area contributed by atoms with E-state index in [1.807, 2.05) is 0 Å². The molecule has 0 saturated heterocycles. The van der Waals surface area contributed by atoms with Crippen LogP contribution in [-0.4, -0.2) is 35.6 Å². The Labute approximate surface area is 170 Å². The number of carbonyl (C=O) groups excluding carboxylic acids is 1. The quantitative estimate of drug-likeness (QED) is 0.333. The van der Waals surface area contributed by atoms with Crippen LogP contribution in [0.2, 0.25) is 0 Å². The molecule has 0 amide bonds. The maximum absolute atomic E-state index is 14.1. The first-order chi connectivity index (χ1) is 14.6. The first-order valence-electron chi connectivity index (χ1n) is 7.95. The summed E-state index contributed by atoms with van der Waals surface area (Å²) in [7, 11) is 0. The first kappa shape index (κ1) is 25.0. The number of hydrogen-bond acceptors (Lipinski definition) is 2. The van der Waals surface area contributed by atoms with Crippen LogP contribution >= 0.6 is 0 Å². The molecule has 0 bridgehead atoms. The number of ketones is 1. The average molecular weight is 511 g/mol. The van der Waals surface area contributed by atoms with Crippen molar-refractivity contribution >= 4 is 11.5 Å². The fourth-order valence-electron chi connectivity index (χ4n) is 3.73. The second kappa shape index (κ2) is 6.28. The van der Waals surface area contributed by atoms with Crippen molar-refractivity contribution in [3.63, 3.8) is 0 Å². The van der Waals surface area contributed by atoms with Crippen LogP contribution in [0.25, 0.3) is 5.76 Å². The average Bonchev–Trinajstić information content (AvgIpc) is 3.02. The van der Waals surface area contributed by atoms with E-state index in [9.17, 15) is 75.8 Å². The molecular weight excluding hydrogens is 509 g/mol. The zero-order valence-corrected chi connectivity index (χ0v) is 14.7. The molecule has 33 heavy (non-hydrogen) atoms. The van der Waals surface area contributed by atoms with Crippen molar-refractivity contribution in [1.82, 2.24) is 0 Å². The van der Waals surface area contributed by atoms with E-state index >= 15 is 0 Å². The topological polar surface area (TPSA) is 40.1 Å². The Bertz CT molecular complexity index is 1090. The predicted molar refractivity (Wildman–Crippen MR) is 70.2 cm³/mol. The third-order valence-corrected chi connectivity index (χ3v) is 5.38. The van der Waals surface area contributed by atoms with Crippen molar-refractivity contribution in [2.45, 2.75) is 36.3 Å². The van der Waals surface area contributed by atoms with Crippen molar-refractivity contribution in [3.8, 4) is 0 Å². The summed E-state index contributed by atoms with van der Waals surface area (Å²) >= 11 is 0. The van der Waals surface area contributed by atoms with E-state index in [0.29, 0.717) is 0 Å². The summed E-state index contributed by atoms with van der Waals surface area (Å²) in [5.41, 5.74) is -13.9. The van der Waals surface area contributed by atoms with E-state index in [4.69, 9.17) is 0 Å². The number of halogens is 15. The molecule has 0 aromatic heterocycles. The van der Waals surface area contributed by atoms with Crippen LogP contribution in [0.1, 0.15) is 11.1 Å². The van der Waals surface area contributed by atoms with Gasteiger partial charge >= 0.3 is 29.9 Å². The van der Waals surface area contributed by atoms with Gasteiger partial charge in [0.05, 0.1) is 0 Å². The van der Waals surface area contributed by atoms with E-state index in [0.717, 1.165) is 0 Å². The van der Waals surface area contributed by atoms with Crippen LogP contribution in [0.4, 0.5) is 65.9 Å². The summed E-state index contributed by atoms with van der Waals surface area (Å²) in [6, 6.07) is 0. The Kier molecular flexibility index (Phi) is 4.76. The van der Waals surface area contributed by atoms with E-state index in [-0.39, 0.29) is 0 Å². The lowest BCUT2D eigenvalue weighted by Gasteiger charge is -2.39. The zero-order valence-electron chi connectivity index (χ0n) is 14.7. The highest BCUT2D eigenvalue weighted by Crippen LogP contribution is 2.76. The van der Waals surface area contributed by atoms with Gasteiger partial charge in [-0.2, -0.15) is 48.3 Å². The summed E-state index contributed by atoms with van der Waals surface area (Å²) in [6.45, 7) is 0. The summed E-state index contributed by atoms with van der Waals surface area (Å²) in [4.78, 5) is 12.3. The molecule has 0 spiro atoms. The van der Waals surface area contributed by atoms with Crippen molar-refractivity contribution < 1.29 is 75.8 Å². The van der Waals surface area contributed by atoms with Crippen LogP contribution in [-0.2, 0) is 11.2 Å². The van der Waals surface area contributed by atoms with Crippen molar-refractivity contribution in [3.05, 3.63) is 40.0 Å². The smallest absolute Gasteiger partial charge is 0.414 e. The summed E-state index contributed by atoms with van der Waals surface area (Å²) < 4.78 is 205. The molecule has 0 unspecified atom stereocenters. The molecule has 1 fully saturated rings. The Balaban J connectivity index is 2.41. The van der Waals surface area contributed by atoms with Gasteiger partial charge in [-0.05, 0) is 5.57 Å². The van der Waals surface area contributed by atoms with Crippen LogP contribution in [0.5, 0.6) is 0 Å². The predicted octanol–water partition coefficient (Wildman–Crippen LogP) is 4.54. The number of alkyl halides is 11. The lowest BCUT2D eigenvalue weighted by atomic mass is 9.72. The highest BCUT2D eigenvalue weighted by Gasteiger charge is 3.06. The van der Waals surface area contributed by atoms with Crippen LogP contribution in [0.3, 0.4) is 0 Å². The van der Waals surface area contributed by atoms with Gasteiger partial charge in [0.2, 0.25) is 0 Å². The molecule has 1 saturated carbocycles. The Morgan fingerprint density at radius 3 is 1.48 bits per heavy atom. The minimum absolute atomic E-state index is 1.82. The number of Topliss-reactive ketones (excluding diaryl/α,β-unsaturated/α-hetero) is 1. The lowest BCUT2D eigenvalue weighted by molar-refractivity contribution is -0.342. The van der Waals surface area contributed by atoms with Gasteiger partial charge in [0, 0.05) is 17.5 Å². The molecule has 1 aromatic rings.